The highest BCUT2D eigenvalue weighted by Crippen LogP contribution is 2.24. The Balaban J connectivity index is 4.65. The summed E-state index contributed by atoms with van der Waals surface area (Å²) < 4.78 is 23.1. The summed E-state index contributed by atoms with van der Waals surface area (Å²) in [6, 6.07) is 0. The minimum absolute atomic E-state index is 0.0260. The second kappa shape index (κ2) is 26.0. The van der Waals surface area contributed by atoms with Crippen molar-refractivity contribution in [1.29, 1.82) is 0 Å². The van der Waals surface area contributed by atoms with Crippen LogP contribution in [0.2, 0.25) is 0 Å². The third kappa shape index (κ3) is 18.1. The van der Waals surface area contributed by atoms with Gasteiger partial charge in [-0.15, -0.1) is 0 Å². The van der Waals surface area contributed by atoms with Crippen LogP contribution in [0.3, 0.4) is 0 Å². The standard InChI is InChI=1S/C31H64O10/c1-3-5-7-9-11-13-15-38-23-29(17-32,18-33)25-40-27-31(21-36,22-37)28-41-26-30(19-34,20-35)24-39-16-14-12-10-8-6-4-2/h32-37H,3-28H2,1-2H3. The summed E-state index contributed by atoms with van der Waals surface area (Å²) in [6.07, 6.45) is 13.6. The molecule has 0 aromatic heterocycles. The molecule has 0 saturated heterocycles. The fraction of sp³-hybridized carbons (Fsp3) is 1.00. The van der Waals surface area contributed by atoms with Crippen LogP contribution in [0.4, 0.5) is 0 Å². The van der Waals surface area contributed by atoms with Crippen molar-refractivity contribution < 1.29 is 49.6 Å². The smallest absolute Gasteiger partial charge is 0.0632 e. The molecule has 0 rings (SSSR count). The molecule has 41 heavy (non-hydrogen) atoms. The number of hydrogen-bond donors (Lipinski definition) is 6. The lowest BCUT2D eigenvalue weighted by atomic mass is 9.90. The van der Waals surface area contributed by atoms with Gasteiger partial charge in [-0.1, -0.05) is 78.1 Å². The van der Waals surface area contributed by atoms with Crippen molar-refractivity contribution in [3.05, 3.63) is 0 Å². The van der Waals surface area contributed by atoms with Gasteiger partial charge in [0, 0.05) is 13.2 Å². The molecule has 0 aromatic carbocycles. The molecule has 0 aliphatic heterocycles. The molecule has 6 N–H and O–H groups in total. The summed E-state index contributed by atoms with van der Waals surface area (Å²) in [4.78, 5) is 0. The number of aliphatic hydroxyl groups is 6. The Morgan fingerprint density at radius 1 is 0.341 bits per heavy atom. The maximum absolute atomic E-state index is 10.1. The SMILES string of the molecule is CCCCCCCCOCC(CO)(CO)COCC(CO)(CO)COCC(CO)(CO)COCCCCCCCC. The molecule has 0 amide bonds. The van der Waals surface area contributed by atoms with E-state index in [0.29, 0.717) is 13.2 Å². The molecule has 0 saturated carbocycles. The van der Waals surface area contributed by atoms with Gasteiger partial charge in [-0.2, -0.15) is 0 Å². The number of ether oxygens (including phenoxy) is 4. The van der Waals surface area contributed by atoms with E-state index >= 15 is 0 Å². The lowest BCUT2D eigenvalue weighted by Gasteiger charge is -2.35. The quantitative estimate of drug-likeness (QED) is 0.0638. The van der Waals surface area contributed by atoms with Gasteiger partial charge in [0.25, 0.3) is 0 Å². The van der Waals surface area contributed by atoms with Crippen LogP contribution in [0.5, 0.6) is 0 Å². The average Bonchev–Trinajstić information content (AvgIpc) is 3.01. The lowest BCUT2D eigenvalue weighted by molar-refractivity contribution is -0.134. The van der Waals surface area contributed by atoms with Gasteiger partial charge in [0.15, 0.2) is 0 Å². The molecule has 0 aliphatic rings. The number of aliphatic hydroxyl groups excluding tert-OH is 6. The van der Waals surface area contributed by atoms with Crippen LogP contribution in [0.15, 0.2) is 0 Å². The minimum Gasteiger partial charge on any atom is -0.396 e. The van der Waals surface area contributed by atoms with Crippen LogP contribution in [-0.4, -0.2) is 123 Å². The molecule has 0 radical (unpaired) electrons. The molecule has 0 fully saturated rings. The van der Waals surface area contributed by atoms with Gasteiger partial charge in [0.05, 0.1) is 95.5 Å². The van der Waals surface area contributed by atoms with Crippen molar-refractivity contribution in [3.8, 4) is 0 Å². The minimum atomic E-state index is -1.15. The topological polar surface area (TPSA) is 158 Å². The Kier molecular flexibility index (Phi) is 25.8. The summed E-state index contributed by atoms with van der Waals surface area (Å²) in [7, 11) is 0. The molecule has 10 heteroatoms. The molecule has 0 bridgehead atoms. The highest BCUT2D eigenvalue weighted by atomic mass is 16.5. The van der Waals surface area contributed by atoms with Crippen molar-refractivity contribution in [2.45, 2.75) is 90.9 Å². The summed E-state index contributed by atoms with van der Waals surface area (Å²) >= 11 is 0. The third-order valence-corrected chi connectivity index (χ3v) is 7.75. The van der Waals surface area contributed by atoms with E-state index in [1.54, 1.807) is 0 Å². The molecule has 10 nitrogen and oxygen atoms in total. The van der Waals surface area contributed by atoms with E-state index < -0.39 is 29.5 Å². The van der Waals surface area contributed by atoms with Crippen LogP contribution in [-0.2, 0) is 18.9 Å². The molecular formula is C31H64O10. The molecule has 248 valence electrons. The van der Waals surface area contributed by atoms with Crippen molar-refractivity contribution >= 4 is 0 Å². The van der Waals surface area contributed by atoms with Crippen LogP contribution < -0.4 is 0 Å². The van der Waals surface area contributed by atoms with E-state index in [1.807, 2.05) is 0 Å². The van der Waals surface area contributed by atoms with Gasteiger partial charge in [0.2, 0.25) is 0 Å². The number of rotatable bonds is 32. The summed E-state index contributed by atoms with van der Waals surface area (Å²) in [5.41, 5.74) is -3.15. The summed E-state index contributed by atoms with van der Waals surface area (Å²) in [6.45, 7) is 3.28. The van der Waals surface area contributed by atoms with Crippen molar-refractivity contribution in [2.75, 3.05) is 92.5 Å². The number of hydrogen-bond acceptors (Lipinski definition) is 10. The zero-order valence-corrected chi connectivity index (χ0v) is 26.2. The molecule has 0 heterocycles. The molecule has 0 aliphatic carbocycles. The zero-order valence-electron chi connectivity index (χ0n) is 26.2. The van der Waals surface area contributed by atoms with Gasteiger partial charge in [-0.3, -0.25) is 0 Å². The van der Waals surface area contributed by atoms with Crippen molar-refractivity contribution in [2.24, 2.45) is 16.2 Å². The van der Waals surface area contributed by atoms with Gasteiger partial charge in [-0.25, -0.2) is 0 Å². The largest absolute Gasteiger partial charge is 0.396 e. The highest BCUT2D eigenvalue weighted by Gasteiger charge is 2.36. The van der Waals surface area contributed by atoms with Crippen LogP contribution in [0, 0.1) is 16.2 Å². The molecule has 0 spiro atoms. The average molecular weight is 597 g/mol. The van der Waals surface area contributed by atoms with Crippen molar-refractivity contribution in [3.63, 3.8) is 0 Å². The Morgan fingerprint density at radius 3 is 0.854 bits per heavy atom. The van der Waals surface area contributed by atoms with Gasteiger partial charge < -0.3 is 49.6 Å². The Hall–Kier alpha value is -0.400. The summed E-state index contributed by atoms with van der Waals surface area (Å²) in [5.74, 6) is 0. The lowest BCUT2D eigenvalue weighted by Crippen LogP contribution is -2.46. The Morgan fingerprint density at radius 2 is 0.585 bits per heavy atom. The van der Waals surface area contributed by atoms with E-state index in [1.165, 1.54) is 51.4 Å². The highest BCUT2D eigenvalue weighted by molar-refractivity contribution is 4.83. The Labute approximate surface area is 249 Å². The molecule has 0 atom stereocenters. The van der Waals surface area contributed by atoms with E-state index in [0.717, 1.165) is 25.7 Å². The molecular weight excluding hydrogens is 532 g/mol. The first-order valence-corrected chi connectivity index (χ1v) is 15.9. The van der Waals surface area contributed by atoms with Crippen LogP contribution in [0.25, 0.3) is 0 Å². The third-order valence-electron chi connectivity index (χ3n) is 7.75. The molecule has 0 aromatic rings. The van der Waals surface area contributed by atoms with E-state index in [9.17, 15) is 30.6 Å². The predicted molar refractivity (Wildman–Crippen MR) is 160 cm³/mol. The van der Waals surface area contributed by atoms with Gasteiger partial charge >= 0.3 is 0 Å². The molecule has 0 unspecified atom stereocenters. The van der Waals surface area contributed by atoms with Gasteiger partial charge in [-0.05, 0) is 12.8 Å². The van der Waals surface area contributed by atoms with Gasteiger partial charge in [0.1, 0.15) is 0 Å². The maximum Gasteiger partial charge on any atom is 0.0632 e. The van der Waals surface area contributed by atoms with Crippen LogP contribution >= 0.6 is 0 Å². The zero-order chi connectivity index (χ0) is 30.7. The number of unbranched alkanes of at least 4 members (excludes halogenated alkanes) is 10. The maximum atomic E-state index is 10.1. The van der Waals surface area contributed by atoms with E-state index in [-0.39, 0.29) is 66.1 Å². The monoisotopic (exact) mass is 596 g/mol. The first kappa shape index (κ1) is 40.6. The fourth-order valence-electron chi connectivity index (χ4n) is 4.34. The fourth-order valence-corrected chi connectivity index (χ4v) is 4.34. The normalized spacial score (nSPS) is 12.9. The summed E-state index contributed by atoms with van der Waals surface area (Å²) in [5, 5.41) is 59.9. The second-order valence-corrected chi connectivity index (χ2v) is 12.1. The Bertz CT molecular complexity index is 507. The van der Waals surface area contributed by atoms with Crippen LogP contribution in [0.1, 0.15) is 90.9 Å². The predicted octanol–water partition coefficient (Wildman–Crippen LogP) is 2.69. The van der Waals surface area contributed by atoms with Crippen molar-refractivity contribution in [1.82, 2.24) is 0 Å². The van der Waals surface area contributed by atoms with E-state index in [4.69, 9.17) is 18.9 Å². The van der Waals surface area contributed by atoms with E-state index in [2.05, 4.69) is 13.8 Å². The first-order chi connectivity index (χ1) is 19.9. The second-order valence-electron chi connectivity index (χ2n) is 12.1. The first-order valence-electron chi connectivity index (χ1n) is 15.9.